The van der Waals surface area contributed by atoms with Gasteiger partial charge in [-0.2, -0.15) is 0 Å². The number of nitrogens with one attached hydrogen (secondary N) is 2. The van der Waals surface area contributed by atoms with Gasteiger partial charge in [-0.3, -0.25) is 9.89 Å². The Morgan fingerprint density at radius 2 is 1.71 bits per heavy atom. The highest BCUT2D eigenvalue weighted by Crippen LogP contribution is 2.15. The van der Waals surface area contributed by atoms with Crippen LogP contribution in [0.5, 0.6) is 0 Å². The third-order valence-electron chi connectivity index (χ3n) is 4.56. The molecule has 3 rings (SSSR count). The Morgan fingerprint density at radius 3 is 2.43 bits per heavy atom. The zero-order valence-electron chi connectivity index (χ0n) is 16.4. The number of anilines is 1. The lowest BCUT2D eigenvalue weighted by atomic mass is 10.3. The Balaban J connectivity index is 1.27. The maximum Gasteiger partial charge on any atom is 0.225 e. The number of aromatic nitrogens is 2. The van der Waals surface area contributed by atoms with E-state index in [4.69, 9.17) is 0 Å². The Bertz CT molecular complexity index is 703. The first kappa shape index (κ1) is 20.4. The van der Waals surface area contributed by atoms with E-state index in [0.29, 0.717) is 0 Å². The van der Waals surface area contributed by atoms with Crippen molar-refractivity contribution in [3.63, 3.8) is 0 Å². The molecule has 2 N–H and O–H groups in total. The lowest BCUT2D eigenvalue weighted by Crippen LogP contribution is -2.49. The Hall–Kier alpha value is -2.32. The van der Waals surface area contributed by atoms with Gasteiger partial charge in [-0.1, -0.05) is 18.2 Å². The second kappa shape index (κ2) is 11.5. The average Bonchev–Trinajstić information content (AvgIpc) is 2.77. The van der Waals surface area contributed by atoms with Gasteiger partial charge in [0.15, 0.2) is 5.96 Å². The molecule has 1 fully saturated rings. The van der Waals surface area contributed by atoms with Crippen LogP contribution in [0.3, 0.4) is 0 Å². The van der Waals surface area contributed by atoms with E-state index in [1.807, 2.05) is 30.9 Å². The van der Waals surface area contributed by atoms with Crippen LogP contribution in [-0.2, 0) is 0 Å². The van der Waals surface area contributed by atoms with Crippen LogP contribution in [0, 0.1) is 0 Å². The molecule has 2 heterocycles. The van der Waals surface area contributed by atoms with Gasteiger partial charge in [0.2, 0.25) is 5.95 Å². The average molecular weight is 400 g/mol. The number of nitrogens with zero attached hydrogens (tertiary/aromatic N) is 5. The van der Waals surface area contributed by atoms with Gasteiger partial charge < -0.3 is 15.5 Å². The van der Waals surface area contributed by atoms with Gasteiger partial charge in [0.1, 0.15) is 0 Å². The molecule has 150 valence electrons. The van der Waals surface area contributed by atoms with Crippen molar-refractivity contribution in [3.05, 3.63) is 48.8 Å². The van der Waals surface area contributed by atoms with E-state index in [9.17, 15) is 0 Å². The lowest BCUT2D eigenvalue weighted by Gasteiger charge is -2.34. The molecule has 1 aliphatic heterocycles. The van der Waals surface area contributed by atoms with Crippen molar-refractivity contribution in [1.82, 2.24) is 25.5 Å². The third kappa shape index (κ3) is 6.69. The van der Waals surface area contributed by atoms with Gasteiger partial charge in [0.25, 0.3) is 0 Å². The molecule has 0 saturated carbocycles. The minimum absolute atomic E-state index is 0.832. The Kier molecular flexibility index (Phi) is 8.39. The summed E-state index contributed by atoms with van der Waals surface area (Å²) < 4.78 is 0. The molecule has 2 aromatic rings. The number of benzene rings is 1. The van der Waals surface area contributed by atoms with E-state index in [2.05, 4.69) is 59.7 Å². The van der Waals surface area contributed by atoms with E-state index in [1.165, 1.54) is 4.90 Å². The molecule has 0 unspecified atom stereocenters. The highest BCUT2D eigenvalue weighted by Gasteiger charge is 2.18. The van der Waals surface area contributed by atoms with Crippen molar-refractivity contribution in [2.24, 2.45) is 4.99 Å². The van der Waals surface area contributed by atoms with E-state index in [-0.39, 0.29) is 0 Å². The maximum atomic E-state index is 4.34. The molecule has 0 amide bonds. The standard InChI is InChI=1S/C20H29N7S/c1-21-19(23-11-17-28-18-6-3-2-4-7-18)22-10-12-26-13-15-27(16-14-26)20-24-8-5-9-25-20/h2-9H,10-17H2,1H3,(H2,21,22,23). The first-order chi connectivity index (χ1) is 13.8. The molecular weight excluding hydrogens is 370 g/mol. The molecule has 1 saturated heterocycles. The normalized spacial score (nSPS) is 15.5. The maximum absolute atomic E-state index is 4.34. The molecule has 8 heteroatoms. The van der Waals surface area contributed by atoms with E-state index >= 15 is 0 Å². The fraction of sp³-hybridized carbons (Fsp3) is 0.450. The molecule has 7 nitrogen and oxygen atoms in total. The zero-order chi connectivity index (χ0) is 19.4. The molecule has 0 atom stereocenters. The van der Waals surface area contributed by atoms with Crippen molar-refractivity contribution in [1.29, 1.82) is 0 Å². The molecule has 28 heavy (non-hydrogen) atoms. The van der Waals surface area contributed by atoms with Crippen molar-refractivity contribution < 1.29 is 0 Å². The molecule has 0 bridgehead atoms. The summed E-state index contributed by atoms with van der Waals surface area (Å²) in [5.74, 6) is 2.71. The summed E-state index contributed by atoms with van der Waals surface area (Å²) in [6.45, 7) is 6.76. The SMILES string of the molecule is CN=C(NCCSc1ccccc1)NCCN1CCN(c2ncccn2)CC1. The molecule has 1 aromatic carbocycles. The zero-order valence-corrected chi connectivity index (χ0v) is 17.2. The molecule has 1 aliphatic rings. The topological polar surface area (TPSA) is 68.7 Å². The smallest absolute Gasteiger partial charge is 0.225 e. The number of rotatable bonds is 8. The largest absolute Gasteiger partial charge is 0.356 e. The highest BCUT2D eigenvalue weighted by molar-refractivity contribution is 7.99. The fourth-order valence-corrected chi connectivity index (χ4v) is 3.82. The second-order valence-corrected chi connectivity index (χ2v) is 7.63. The number of thioether (sulfide) groups is 1. The van der Waals surface area contributed by atoms with Crippen LogP contribution < -0.4 is 15.5 Å². The predicted octanol–water partition coefficient (Wildman–Crippen LogP) is 1.56. The summed E-state index contributed by atoms with van der Waals surface area (Å²) in [7, 11) is 1.82. The van der Waals surface area contributed by atoms with Crippen molar-refractivity contribution in [3.8, 4) is 0 Å². The summed E-state index contributed by atoms with van der Waals surface area (Å²) in [4.78, 5) is 19.0. The summed E-state index contributed by atoms with van der Waals surface area (Å²) in [6, 6.07) is 12.3. The number of aliphatic imine (C=N–C) groups is 1. The first-order valence-electron chi connectivity index (χ1n) is 9.72. The summed E-state index contributed by atoms with van der Waals surface area (Å²) >= 11 is 1.85. The molecule has 0 aliphatic carbocycles. The van der Waals surface area contributed by atoms with Crippen LogP contribution in [0.25, 0.3) is 0 Å². The van der Waals surface area contributed by atoms with Gasteiger partial charge in [-0.25, -0.2) is 9.97 Å². The van der Waals surface area contributed by atoms with Crippen LogP contribution >= 0.6 is 11.8 Å². The Labute approximate surface area is 171 Å². The van der Waals surface area contributed by atoms with Crippen LogP contribution in [0.1, 0.15) is 0 Å². The van der Waals surface area contributed by atoms with Crippen LogP contribution in [0.4, 0.5) is 5.95 Å². The van der Waals surface area contributed by atoms with E-state index < -0.39 is 0 Å². The quantitative estimate of drug-likeness (QED) is 0.302. The van der Waals surface area contributed by atoms with Gasteiger partial charge in [0.05, 0.1) is 0 Å². The molecule has 0 radical (unpaired) electrons. The number of hydrogen-bond acceptors (Lipinski definition) is 6. The van der Waals surface area contributed by atoms with Crippen molar-refractivity contribution in [2.75, 3.05) is 63.5 Å². The highest BCUT2D eigenvalue weighted by atomic mass is 32.2. The van der Waals surface area contributed by atoms with Crippen molar-refractivity contribution >= 4 is 23.7 Å². The van der Waals surface area contributed by atoms with Crippen LogP contribution in [0.15, 0.2) is 58.7 Å². The summed E-state index contributed by atoms with van der Waals surface area (Å²) in [6.07, 6.45) is 3.60. The lowest BCUT2D eigenvalue weighted by molar-refractivity contribution is 0.260. The van der Waals surface area contributed by atoms with E-state index in [1.54, 1.807) is 12.4 Å². The van der Waals surface area contributed by atoms with Gasteiger partial charge in [0, 0.05) is 75.9 Å². The minimum Gasteiger partial charge on any atom is -0.356 e. The second-order valence-electron chi connectivity index (χ2n) is 6.46. The third-order valence-corrected chi connectivity index (χ3v) is 5.57. The fourth-order valence-electron chi connectivity index (χ4n) is 3.03. The summed E-state index contributed by atoms with van der Waals surface area (Å²) in [5, 5.41) is 6.79. The number of guanidine groups is 1. The Morgan fingerprint density at radius 1 is 1.00 bits per heavy atom. The van der Waals surface area contributed by atoms with Crippen LogP contribution in [-0.4, -0.2) is 79.4 Å². The van der Waals surface area contributed by atoms with Crippen LogP contribution in [0.2, 0.25) is 0 Å². The van der Waals surface area contributed by atoms with Gasteiger partial charge >= 0.3 is 0 Å². The minimum atomic E-state index is 0.832. The van der Waals surface area contributed by atoms with Gasteiger partial charge in [-0.05, 0) is 18.2 Å². The summed E-state index contributed by atoms with van der Waals surface area (Å²) in [5.41, 5.74) is 0. The van der Waals surface area contributed by atoms with Gasteiger partial charge in [-0.15, -0.1) is 11.8 Å². The van der Waals surface area contributed by atoms with Crippen molar-refractivity contribution in [2.45, 2.75) is 4.90 Å². The monoisotopic (exact) mass is 399 g/mol. The molecular formula is C20H29N7S. The number of hydrogen-bond donors (Lipinski definition) is 2. The number of piperazine rings is 1. The predicted molar refractivity (Wildman–Crippen MR) is 117 cm³/mol. The van der Waals surface area contributed by atoms with E-state index in [0.717, 1.165) is 63.5 Å². The molecule has 0 spiro atoms. The first-order valence-corrected chi connectivity index (χ1v) is 10.7. The molecule has 1 aromatic heterocycles.